The molecule has 2 heteroatoms. The van der Waals surface area contributed by atoms with Gasteiger partial charge in [0.2, 0.25) is 0 Å². The highest BCUT2D eigenvalue weighted by Gasteiger charge is 2.69. The Kier molecular flexibility index (Phi) is 11.0. The predicted octanol–water partition coefficient (Wildman–Crippen LogP) is 21.8. The number of hydrogen-bond acceptors (Lipinski definition) is 2. The van der Waals surface area contributed by atoms with Gasteiger partial charge < -0.3 is 9.32 Å². The first-order chi connectivity index (χ1) is 41.0. The molecule has 0 aliphatic heterocycles. The second-order valence-electron chi connectivity index (χ2n) is 25.2. The quantitative estimate of drug-likeness (QED) is 0.158. The molecule has 5 aliphatic carbocycles. The van der Waals surface area contributed by atoms with Gasteiger partial charge in [0.1, 0.15) is 11.2 Å². The predicted molar refractivity (Wildman–Crippen MR) is 344 cm³/mol. The number of furan rings is 1. The summed E-state index contributed by atoms with van der Waals surface area (Å²) in [6.45, 7) is 2.32. The van der Waals surface area contributed by atoms with E-state index in [4.69, 9.17) is 4.42 Å². The Balaban J connectivity index is 0.838. The first-order valence-electron chi connectivity index (χ1n) is 30.5. The highest BCUT2D eigenvalue weighted by atomic mass is 16.3. The Morgan fingerprint density at radius 2 is 0.880 bits per heavy atom. The third kappa shape index (κ3) is 7.27. The van der Waals surface area contributed by atoms with Crippen molar-refractivity contribution in [1.82, 2.24) is 0 Å². The summed E-state index contributed by atoms with van der Waals surface area (Å²) in [5.41, 5.74) is 27.5. The molecule has 17 rings (SSSR count). The highest BCUT2D eigenvalue weighted by molar-refractivity contribution is 6.09. The maximum atomic E-state index is 6.50. The van der Waals surface area contributed by atoms with Gasteiger partial charge in [0.25, 0.3) is 0 Å². The van der Waals surface area contributed by atoms with Crippen LogP contribution in [0.4, 0.5) is 17.1 Å². The van der Waals surface area contributed by atoms with Crippen molar-refractivity contribution in [3.05, 3.63) is 294 Å². The molecule has 2 nitrogen and oxygen atoms in total. The topological polar surface area (TPSA) is 16.4 Å². The lowest BCUT2D eigenvalue weighted by atomic mass is 9.37. The van der Waals surface area contributed by atoms with E-state index >= 15 is 0 Å². The summed E-state index contributed by atoms with van der Waals surface area (Å²) in [6.07, 6.45) is 9.45. The maximum absolute atomic E-state index is 6.50. The number of nitrogens with zero attached hydrogens (tertiary/aromatic N) is 1. The second-order valence-corrected chi connectivity index (χ2v) is 25.2. The van der Waals surface area contributed by atoms with Gasteiger partial charge in [-0.2, -0.15) is 0 Å². The molecule has 400 valence electrons. The Morgan fingerprint density at radius 1 is 0.361 bits per heavy atom. The van der Waals surface area contributed by atoms with E-state index in [-0.39, 0.29) is 16.2 Å². The number of anilines is 3. The molecule has 1 aromatic heterocycles. The van der Waals surface area contributed by atoms with Crippen LogP contribution in [-0.4, -0.2) is 0 Å². The third-order valence-corrected chi connectivity index (χ3v) is 21.3. The molecular formula is C81H65NO. The molecule has 0 saturated heterocycles. The van der Waals surface area contributed by atoms with Crippen LogP contribution in [0.5, 0.6) is 0 Å². The number of rotatable bonds is 7. The van der Waals surface area contributed by atoms with Crippen LogP contribution < -0.4 is 4.90 Å². The van der Waals surface area contributed by atoms with Crippen molar-refractivity contribution in [1.29, 1.82) is 0 Å². The molecule has 83 heavy (non-hydrogen) atoms. The largest absolute Gasteiger partial charge is 0.455 e. The van der Waals surface area contributed by atoms with Gasteiger partial charge in [0, 0.05) is 49.6 Å². The number of benzene rings is 11. The fourth-order valence-electron chi connectivity index (χ4n) is 18.4. The van der Waals surface area contributed by atoms with Gasteiger partial charge in [0.15, 0.2) is 0 Å². The molecule has 0 N–H and O–H groups in total. The van der Waals surface area contributed by atoms with Crippen molar-refractivity contribution in [2.75, 3.05) is 4.90 Å². The lowest BCUT2D eigenvalue weighted by Crippen LogP contribution is -2.63. The van der Waals surface area contributed by atoms with Gasteiger partial charge in [-0.3, -0.25) is 0 Å². The first kappa shape index (κ1) is 48.7. The monoisotopic (exact) mass is 1070 g/mol. The fraction of sp³-hybridized carbons (Fsp3) is 0.185. The van der Waals surface area contributed by atoms with Crippen molar-refractivity contribution >= 4 is 39.0 Å². The third-order valence-electron chi connectivity index (χ3n) is 21.3. The van der Waals surface area contributed by atoms with E-state index in [2.05, 4.69) is 267 Å². The molecule has 12 aromatic rings. The Labute approximate surface area is 487 Å². The number of hydrogen-bond donors (Lipinski definition) is 0. The average molecular weight is 1070 g/mol. The van der Waals surface area contributed by atoms with E-state index in [1.807, 2.05) is 6.07 Å². The number of fused-ring (bicyclic) bond motifs is 13. The molecule has 11 aromatic carbocycles. The standard InChI is InChI=1S/C81H65NO/c1-53-19-5-6-22-62(53)68-27-11-14-32-73(68)79-46-18-47-80-51-58(52-81(78(79)80)50-57(45-48-79)63-23-7-9-25-66(63)69-28-12-15-33-74(69)81)64-24-8-10-26-67(64)70-44-39-56(49-75(70)80)54-35-40-60(41-36-54)82(59-20-3-2-4-21-59)61-42-37-55(38-43-61)65-30-17-31-72-71-29-13-16-34-76(71)83-77(65)72/h2-17,19-44,49,57-58,78H,18,45-48,50-52H2,1H3. The zero-order chi connectivity index (χ0) is 54.9. The normalized spacial score (nSPS) is 22.6. The summed E-state index contributed by atoms with van der Waals surface area (Å²) in [5.74, 6) is 1.21. The minimum absolute atomic E-state index is 0.0818. The molecule has 1 heterocycles. The summed E-state index contributed by atoms with van der Waals surface area (Å²) in [5, 5.41) is 2.29. The van der Waals surface area contributed by atoms with E-state index < -0.39 is 0 Å². The lowest BCUT2D eigenvalue weighted by molar-refractivity contribution is -0.0339. The highest BCUT2D eigenvalue weighted by Crippen LogP contribution is 2.76. The number of para-hydroxylation sites is 3. The van der Waals surface area contributed by atoms with Gasteiger partial charge in [0.05, 0.1) is 0 Å². The fourth-order valence-corrected chi connectivity index (χ4v) is 18.4. The van der Waals surface area contributed by atoms with Gasteiger partial charge >= 0.3 is 0 Å². The Morgan fingerprint density at radius 3 is 1.63 bits per heavy atom. The molecule has 4 bridgehead atoms. The number of aryl methyl sites for hydroxylation is 1. The van der Waals surface area contributed by atoms with Crippen molar-refractivity contribution in [3.63, 3.8) is 0 Å². The molecule has 3 fully saturated rings. The lowest BCUT2D eigenvalue weighted by Gasteiger charge is -2.66. The van der Waals surface area contributed by atoms with Crippen LogP contribution in [0.1, 0.15) is 96.6 Å². The molecule has 0 amide bonds. The van der Waals surface area contributed by atoms with Crippen LogP contribution in [0.3, 0.4) is 0 Å². The first-order valence-corrected chi connectivity index (χ1v) is 30.5. The summed E-state index contributed by atoms with van der Waals surface area (Å²) in [4.78, 5) is 2.39. The summed E-state index contributed by atoms with van der Waals surface area (Å²) < 4.78 is 6.50. The molecule has 2 spiro atoms. The van der Waals surface area contributed by atoms with Gasteiger partial charge in [-0.05, 0) is 202 Å². The smallest absolute Gasteiger partial charge is 0.143 e. The summed E-state index contributed by atoms with van der Waals surface area (Å²) in [6, 6.07) is 99.9. The molecule has 0 radical (unpaired) electrons. The minimum atomic E-state index is -0.116. The van der Waals surface area contributed by atoms with Crippen molar-refractivity contribution in [2.45, 2.75) is 86.4 Å². The van der Waals surface area contributed by atoms with Crippen molar-refractivity contribution in [3.8, 4) is 55.6 Å². The van der Waals surface area contributed by atoms with Gasteiger partial charge in [-0.25, -0.2) is 0 Å². The van der Waals surface area contributed by atoms with Gasteiger partial charge in [-0.15, -0.1) is 0 Å². The summed E-state index contributed by atoms with van der Waals surface area (Å²) in [7, 11) is 0. The van der Waals surface area contributed by atoms with Gasteiger partial charge in [-0.1, -0.05) is 219 Å². The Bertz CT molecular complexity index is 4510. The van der Waals surface area contributed by atoms with E-state index in [0.717, 1.165) is 63.0 Å². The molecule has 5 aliphatic rings. The van der Waals surface area contributed by atoms with E-state index in [9.17, 15) is 0 Å². The van der Waals surface area contributed by atoms with Crippen LogP contribution in [0.15, 0.2) is 265 Å². The van der Waals surface area contributed by atoms with Crippen molar-refractivity contribution < 1.29 is 4.42 Å². The zero-order valence-electron chi connectivity index (χ0n) is 47.1. The maximum Gasteiger partial charge on any atom is 0.143 e. The minimum Gasteiger partial charge on any atom is -0.455 e. The molecule has 6 atom stereocenters. The zero-order valence-corrected chi connectivity index (χ0v) is 47.1. The molecule has 3 saturated carbocycles. The average Bonchev–Trinajstić information content (AvgIpc) is 1.68. The summed E-state index contributed by atoms with van der Waals surface area (Å²) >= 11 is 0. The van der Waals surface area contributed by atoms with Crippen molar-refractivity contribution in [2.24, 2.45) is 5.92 Å². The van der Waals surface area contributed by atoms with Crippen LogP contribution in [0, 0.1) is 12.8 Å². The molecular weight excluding hydrogens is 1000 g/mol. The van der Waals surface area contributed by atoms with E-state index in [0.29, 0.717) is 17.8 Å². The SMILES string of the molecule is Cc1ccccc1-c1ccccc1C12CCCC34CC(CC5(CC(CC1)c1ccccc1-c1ccccc15)C23)c1ccccc1-c1ccc(-c2ccc(N(c3ccccc3)c3ccc(-c5cccc6c5oc5ccccc56)cc3)cc2)cc14. The van der Waals surface area contributed by atoms with Crippen LogP contribution in [0.2, 0.25) is 0 Å². The second kappa shape index (κ2) is 18.8. The van der Waals surface area contributed by atoms with E-state index in [1.54, 1.807) is 27.8 Å². The van der Waals surface area contributed by atoms with Crippen LogP contribution >= 0.6 is 0 Å². The van der Waals surface area contributed by atoms with E-state index in [1.165, 1.54) is 88.6 Å². The van der Waals surface area contributed by atoms with Crippen LogP contribution in [0.25, 0.3) is 77.6 Å². The van der Waals surface area contributed by atoms with Crippen LogP contribution in [-0.2, 0) is 16.2 Å². The molecule has 6 unspecified atom stereocenters. The Hall–Kier alpha value is -8.98.